The molecule has 1 aromatic heterocycles. The van der Waals surface area contributed by atoms with Crippen LogP contribution in [0.4, 0.5) is 8.78 Å². The van der Waals surface area contributed by atoms with Crippen LogP contribution in [0.2, 0.25) is 15.1 Å². The van der Waals surface area contributed by atoms with Crippen LogP contribution in [-0.4, -0.2) is 29.3 Å². The molecule has 0 aliphatic rings. The van der Waals surface area contributed by atoms with Crippen molar-refractivity contribution in [1.29, 1.82) is 0 Å². The number of halogens is 5. The zero-order valence-corrected chi connectivity index (χ0v) is 17.1. The van der Waals surface area contributed by atoms with E-state index in [-0.39, 0.29) is 25.7 Å². The van der Waals surface area contributed by atoms with Crippen LogP contribution in [0, 0.1) is 0 Å². The zero-order valence-electron chi connectivity index (χ0n) is 14.0. The van der Waals surface area contributed by atoms with E-state index in [9.17, 15) is 22.0 Å². The van der Waals surface area contributed by atoms with Crippen molar-refractivity contribution >= 4 is 50.7 Å². The van der Waals surface area contributed by atoms with Crippen molar-refractivity contribution in [3.63, 3.8) is 0 Å². The van der Waals surface area contributed by atoms with Crippen LogP contribution in [0.1, 0.15) is 22.6 Å². The average Bonchev–Trinajstić information content (AvgIpc) is 3.06. The van der Waals surface area contributed by atoms with E-state index in [0.29, 0.717) is 4.68 Å². The van der Waals surface area contributed by atoms with E-state index in [0.717, 1.165) is 6.07 Å². The average molecular weight is 482 g/mol. The van der Waals surface area contributed by atoms with Gasteiger partial charge >= 0.3 is 0 Å². The fraction of sp³-hybridized carbons (Fsp3) is 0.0625. The van der Waals surface area contributed by atoms with E-state index in [1.165, 1.54) is 36.4 Å². The summed E-state index contributed by atoms with van der Waals surface area (Å²) >= 11 is 17.5. The number of alkyl halides is 2. The van der Waals surface area contributed by atoms with Gasteiger partial charge in [0.2, 0.25) is 0 Å². The van der Waals surface area contributed by atoms with Gasteiger partial charge in [-0.25, -0.2) is 26.6 Å². The first-order valence-corrected chi connectivity index (χ1v) is 10.2. The lowest BCUT2D eigenvalue weighted by Crippen LogP contribution is -2.31. The molecule has 29 heavy (non-hydrogen) atoms. The molecule has 0 bridgehead atoms. The third-order valence-corrected chi connectivity index (χ3v) is 5.70. The maximum Gasteiger partial charge on any atom is 0.287 e. The molecular weight excluding hydrogens is 473 g/mol. The van der Waals surface area contributed by atoms with Crippen LogP contribution < -0.4 is 4.72 Å². The van der Waals surface area contributed by atoms with Gasteiger partial charge < -0.3 is 0 Å². The molecule has 1 heterocycles. The summed E-state index contributed by atoms with van der Waals surface area (Å²) in [5, 5.41) is 7.27. The number of nitrogens with one attached hydrogen (secondary N) is 1. The highest BCUT2D eigenvalue weighted by Crippen LogP contribution is 2.29. The summed E-state index contributed by atoms with van der Waals surface area (Å²) in [6, 6.07) is 9.02. The van der Waals surface area contributed by atoms with Gasteiger partial charge in [-0.05, 0) is 36.4 Å². The van der Waals surface area contributed by atoms with Gasteiger partial charge in [0.25, 0.3) is 22.4 Å². The summed E-state index contributed by atoms with van der Waals surface area (Å²) in [5.74, 6) is -1.39. The first-order chi connectivity index (χ1) is 13.6. The molecule has 0 radical (unpaired) electrons. The highest BCUT2D eigenvalue weighted by atomic mass is 35.5. The summed E-state index contributed by atoms with van der Waals surface area (Å²) in [6.07, 6.45) is -3.22. The first kappa shape index (κ1) is 21.4. The van der Waals surface area contributed by atoms with E-state index >= 15 is 0 Å². The van der Waals surface area contributed by atoms with E-state index < -0.39 is 33.7 Å². The normalized spacial score (nSPS) is 11.7. The highest BCUT2D eigenvalue weighted by Gasteiger charge is 2.30. The van der Waals surface area contributed by atoms with Gasteiger partial charge in [-0.3, -0.25) is 4.79 Å². The Morgan fingerprint density at radius 3 is 2.38 bits per heavy atom. The number of rotatable bonds is 5. The number of hydrogen-bond acceptors (Lipinski definition) is 5. The Kier molecular flexibility index (Phi) is 6.08. The molecule has 0 aliphatic heterocycles. The molecule has 2 aromatic carbocycles. The smallest absolute Gasteiger partial charge is 0.266 e. The molecule has 13 heteroatoms. The molecule has 0 saturated heterocycles. The summed E-state index contributed by atoms with van der Waals surface area (Å²) in [6.45, 7) is 0. The topological polar surface area (TPSA) is 93.9 Å². The van der Waals surface area contributed by atoms with E-state index in [1.807, 2.05) is 0 Å². The largest absolute Gasteiger partial charge is 0.287 e. The summed E-state index contributed by atoms with van der Waals surface area (Å²) in [5.41, 5.74) is -1.83. The summed E-state index contributed by atoms with van der Waals surface area (Å²) < 4.78 is 54.4. The first-order valence-electron chi connectivity index (χ1n) is 7.62. The number of amides is 1. The molecule has 3 aromatic rings. The van der Waals surface area contributed by atoms with Crippen LogP contribution in [0.5, 0.6) is 0 Å². The van der Waals surface area contributed by atoms with Crippen molar-refractivity contribution in [3.8, 4) is 5.69 Å². The molecule has 1 N–H and O–H groups in total. The number of aromatic nitrogens is 3. The standard InChI is InChI=1S/C16H9Cl3F2N4O3S/c17-8-2-1-3-10(6-8)29(27,28)23-16(26)13-14(15(20)21)25(24-22-13)12-5-4-9(18)7-11(12)19/h1-7,15H,(H,23,26). The lowest BCUT2D eigenvalue weighted by molar-refractivity contribution is 0.0959. The lowest BCUT2D eigenvalue weighted by Gasteiger charge is -2.10. The molecule has 152 valence electrons. The van der Waals surface area contributed by atoms with Crippen molar-refractivity contribution in [1.82, 2.24) is 19.7 Å². The van der Waals surface area contributed by atoms with Gasteiger partial charge in [0.05, 0.1) is 15.6 Å². The molecule has 0 fully saturated rings. The van der Waals surface area contributed by atoms with Crippen molar-refractivity contribution < 1.29 is 22.0 Å². The molecule has 1 amide bonds. The Labute approximate surface area is 178 Å². The van der Waals surface area contributed by atoms with Crippen LogP contribution in [-0.2, 0) is 10.0 Å². The zero-order chi connectivity index (χ0) is 21.3. The highest BCUT2D eigenvalue weighted by molar-refractivity contribution is 7.90. The lowest BCUT2D eigenvalue weighted by atomic mass is 10.2. The molecule has 0 spiro atoms. The van der Waals surface area contributed by atoms with Crippen LogP contribution in [0.25, 0.3) is 5.69 Å². The fourth-order valence-corrected chi connectivity index (χ4v) is 4.08. The second-order valence-corrected chi connectivity index (χ2v) is 8.49. The minimum Gasteiger partial charge on any atom is -0.266 e. The van der Waals surface area contributed by atoms with Crippen molar-refractivity contribution in [2.45, 2.75) is 11.3 Å². The molecule has 0 saturated carbocycles. The molecule has 0 aliphatic carbocycles. The third kappa shape index (κ3) is 4.50. The van der Waals surface area contributed by atoms with Gasteiger partial charge in [-0.2, -0.15) is 0 Å². The maximum atomic E-state index is 13.7. The number of sulfonamides is 1. The second kappa shape index (κ2) is 8.23. The van der Waals surface area contributed by atoms with Gasteiger partial charge in [-0.1, -0.05) is 46.1 Å². The minimum absolute atomic E-state index is 0.0179. The van der Waals surface area contributed by atoms with Crippen molar-refractivity contribution in [2.24, 2.45) is 0 Å². The van der Waals surface area contributed by atoms with Crippen molar-refractivity contribution in [2.75, 3.05) is 0 Å². The summed E-state index contributed by atoms with van der Waals surface area (Å²) in [7, 11) is -4.39. The van der Waals surface area contributed by atoms with Crippen LogP contribution in [0.3, 0.4) is 0 Å². The summed E-state index contributed by atoms with van der Waals surface area (Å²) in [4.78, 5) is 12.1. The number of benzene rings is 2. The Morgan fingerprint density at radius 1 is 1.07 bits per heavy atom. The number of carbonyl (C=O) groups is 1. The third-order valence-electron chi connectivity index (χ3n) is 3.60. The predicted octanol–water partition coefficient (Wildman–Crippen LogP) is 4.28. The van der Waals surface area contributed by atoms with Gasteiger partial charge in [0, 0.05) is 10.0 Å². The van der Waals surface area contributed by atoms with Crippen molar-refractivity contribution in [3.05, 3.63) is 68.9 Å². The van der Waals surface area contributed by atoms with E-state index in [2.05, 4.69) is 10.3 Å². The van der Waals surface area contributed by atoms with Gasteiger partial charge in [-0.15, -0.1) is 5.10 Å². The van der Waals surface area contributed by atoms with Crippen LogP contribution >= 0.6 is 34.8 Å². The maximum absolute atomic E-state index is 13.7. The Hall–Kier alpha value is -2.27. The van der Waals surface area contributed by atoms with E-state index in [1.54, 1.807) is 4.72 Å². The molecule has 0 atom stereocenters. The second-order valence-electron chi connectivity index (χ2n) is 5.52. The number of carbonyl (C=O) groups excluding carboxylic acids is 1. The monoisotopic (exact) mass is 480 g/mol. The molecular formula is C16H9Cl3F2N4O3S. The predicted molar refractivity (Wildman–Crippen MR) is 102 cm³/mol. The Balaban J connectivity index is 2.01. The van der Waals surface area contributed by atoms with Gasteiger partial charge in [0.15, 0.2) is 5.69 Å². The fourth-order valence-electron chi connectivity index (χ4n) is 2.34. The number of hydrogen-bond donors (Lipinski definition) is 1. The molecule has 3 rings (SSSR count). The molecule has 0 unspecified atom stereocenters. The molecule has 7 nitrogen and oxygen atoms in total. The van der Waals surface area contributed by atoms with Crippen LogP contribution in [0.15, 0.2) is 47.4 Å². The Morgan fingerprint density at radius 2 is 1.76 bits per heavy atom. The van der Waals surface area contributed by atoms with Gasteiger partial charge in [0.1, 0.15) is 5.69 Å². The SMILES string of the molecule is O=C(NS(=O)(=O)c1cccc(Cl)c1)c1nnn(-c2ccc(Cl)cc2Cl)c1C(F)F. The number of nitrogens with zero attached hydrogens (tertiary/aromatic N) is 3. The van der Waals surface area contributed by atoms with E-state index in [4.69, 9.17) is 34.8 Å². The minimum atomic E-state index is -4.39. The Bertz CT molecular complexity index is 1200. The quantitative estimate of drug-likeness (QED) is 0.587.